The highest BCUT2D eigenvalue weighted by Gasteiger charge is 2.26. The van der Waals surface area contributed by atoms with Gasteiger partial charge in [-0.2, -0.15) is 0 Å². The van der Waals surface area contributed by atoms with Crippen LogP contribution in [-0.2, 0) is 0 Å². The second-order valence-electron chi connectivity index (χ2n) is 4.89. The Bertz CT molecular complexity index is 443. The number of nitrogens with two attached hydrogens (primary N) is 1. The Morgan fingerprint density at radius 1 is 1.50 bits per heavy atom. The minimum Gasteiger partial charge on any atom is -0.395 e. The molecule has 0 bridgehead atoms. The molecule has 1 aromatic carbocycles. The third kappa shape index (κ3) is 2.65. The van der Waals surface area contributed by atoms with Gasteiger partial charge in [-0.05, 0) is 38.3 Å². The van der Waals surface area contributed by atoms with Crippen LogP contribution in [-0.4, -0.2) is 29.3 Å². The normalized spacial score (nSPS) is 15.2. The van der Waals surface area contributed by atoms with E-state index in [-0.39, 0.29) is 6.61 Å². The fourth-order valence-corrected chi connectivity index (χ4v) is 2.57. The fourth-order valence-electron chi connectivity index (χ4n) is 2.40. The highest BCUT2D eigenvalue weighted by molar-refractivity contribution is 7.80. The third-order valence-electron chi connectivity index (χ3n) is 3.58. The standard InChI is InChI=1S/C14H20N2OS/c1-10-5-6-13(12(9-10)14(15)18)16(7-8-17)11-3-2-4-11/h5-6,9,11,17H,2-4,7-8H2,1H3,(H2,15,18). The van der Waals surface area contributed by atoms with E-state index < -0.39 is 0 Å². The summed E-state index contributed by atoms with van der Waals surface area (Å²) in [6, 6.07) is 6.69. The molecule has 0 spiro atoms. The summed E-state index contributed by atoms with van der Waals surface area (Å²) in [4.78, 5) is 2.67. The van der Waals surface area contributed by atoms with Gasteiger partial charge >= 0.3 is 0 Å². The SMILES string of the molecule is Cc1ccc(N(CCO)C2CCC2)c(C(N)=S)c1. The lowest BCUT2D eigenvalue weighted by molar-refractivity contribution is 0.283. The number of thiocarbonyl (C=S) groups is 1. The molecule has 1 aliphatic rings. The van der Waals surface area contributed by atoms with Crippen molar-refractivity contribution in [3.05, 3.63) is 29.3 Å². The number of aryl methyl sites for hydroxylation is 1. The van der Waals surface area contributed by atoms with Crippen molar-refractivity contribution in [3.8, 4) is 0 Å². The van der Waals surface area contributed by atoms with Crippen molar-refractivity contribution in [1.29, 1.82) is 0 Å². The predicted octanol–water partition coefficient (Wildman–Crippen LogP) is 1.98. The van der Waals surface area contributed by atoms with Crippen LogP contribution < -0.4 is 10.6 Å². The van der Waals surface area contributed by atoms with Gasteiger partial charge in [-0.25, -0.2) is 0 Å². The highest BCUT2D eigenvalue weighted by Crippen LogP contribution is 2.31. The van der Waals surface area contributed by atoms with Gasteiger partial charge in [0.1, 0.15) is 4.99 Å². The van der Waals surface area contributed by atoms with Crippen LogP contribution in [0.4, 0.5) is 5.69 Å². The van der Waals surface area contributed by atoms with Crippen LogP contribution in [0, 0.1) is 6.92 Å². The molecule has 2 rings (SSSR count). The number of hydrogen-bond acceptors (Lipinski definition) is 3. The van der Waals surface area contributed by atoms with Crippen LogP contribution in [0.25, 0.3) is 0 Å². The van der Waals surface area contributed by atoms with Crippen molar-refractivity contribution >= 4 is 22.9 Å². The van der Waals surface area contributed by atoms with Crippen molar-refractivity contribution in [3.63, 3.8) is 0 Å². The molecule has 1 aromatic rings. The van der Waals surface area contributed by atoms with Crippen LogP contribution in [0.3, 0.4) is 0 Å². The minimum absolute atomic E-state index is 0.154. The van der Waals surface area contributed by atoms with Gasteiger partial charge in [0.15, 0.2) is 0 Å². The first-order chi connectivity index (χ1) is 8.63. The van der Waals surface area contributed by atoms with E-state index >= 15 is 0 Å². The van der Waals surface area contributed by atoms with E-state index in [1.54, 1.807) is 0 Å². The maximum Gasteiger partial charge on any atom is 0.106 e. The van der Waals surface area contributed by atoms with Gasteiger partial charge < -0.3 is 15.7 Å². The van der Waals surface area contributed by atoms with Crippen molar-refractivity contribution < 1.29 is 5.11 Å². The number of aliphatic hydroxyl groups excluding tert-OH is 1. The highest BCUT2D eigenvalue weighted by atomic mass is 32.1. The largest absolute Gasteiger partial charge is 0.395 e. The number of nitrogens with zero attached hydrogens (tertiary/aromatic N) is 1. The minimum atomic E-state index is 0.154. The number of benzene rings is 1. The summed E-state index contributed by atoms with van der Waals surface area (Å²) < 4.78 is 0. The summed E-state index contributed by atoms with van der Waals surface area (Å²) in [6.07, 6.45) is 3.64. The molecule has 4 heteroatoms. The van der Waals surface area contributed by atoms with Crippen LogP contribution >= 0.6 is 12.2 Å². The van der Waals surface area contributed by atoms with E-state index in [0.717, 1.165) is 16.8 Å². The summed E-state index contributed by atoms with van der Waals surface area (Å²) in [5.74, 6) is 0. The molecule has 1 fully saturated rings. The average Bonchev–Trinajstić information content (AvgIpc) is 2.26. The maximum absolute atomic E-state index is 9.24. The quantitative estimate of drug-likeness (QED) is 0.799. The zero-order chi connectivity index (χ0) is 13.1. The summed E-state index contributed by atoms with van der Waals surface area (Å²) in [5.41, 5.74) is 8.95. The number of rotatable bonds is 5. The van der Waals surface area contributed by atoms with E-state index in [1.165, 1.54) is 19.3 Å². The van der Waals surface area contributed by atoms with Crippen molar-refractivity contribution in [2.45, 2.75) is 32.2 Å². The van der Waals surface area contributed by atoms with Crippen LogP contribution in [0.5, 0.6) is 0 Å². The molecular formula is C14H20N2OS. The molecule has 0 aliphatic heterocycles. The van der Waals surface area contributed by atoms with Gasteiger partial charge in [0, 0.05) is 23.8 Å². The first-order valence-corrected chi connectivity index (χ1v) is 6.82. The van der Waals surface area contributed by atoms with E-state index in [4.69, 9.17) is 18.0 Å². The van der Waals surface area contributed by atoms with Gasteiger partial charge in [-0.3, -0.25) is 0 Å². The zero-order valence-corrected chi connectivity index (χ0v) is 11.5. The molecule has 0 aromatic heterocycles. The number of hydrogen-bond donors (Lipinski definition) is 2. The molecule has 18 heavy (non-hydrogen) atoms. The fraction of sp³-hybridized carbons (Fsp3) is 0.500. The zero-order valence-electron chi connectivity index (χ0n) is 10.7. The van der Waals surface area contributed by atoms with Gasteiger partial charge in [0.25, 0.3) is 0 Å². The molecule has 0 amide bonds. The molecule has 98 valence electrons. The predicted molar refractivity (Wildman–Crippen MR) is 79.1 cm³/mol. The lowest BCUT2D eigenvalue weighted by Gasteiger charge is -2.40. The molecule has 1 saturated carbocycles. The summed E-state index contributed by atoms with van der Waals surface area (Å²) in [5, 5.41) is 9.24. The van der Waals surface area contributed by atoms with E-state index in [1.807, 2.05) is 13.0 Å². The first kappa shape index (κ1) is 13.3. The lowest BCUT2D eigenvalue weighted by Crippen LogP contribution is -2.42. The Morgan fingerprint density at radius 2 is 2.22 bits per heavy atom. The lowest BCUT2D eigenvalue weighted by atomic mass is 9.90. The van der Waals surface area contributed by atoms with Gasteiger partial charge in [-0.1, -0.05) is 23.8 Å². The Hall–Kier alpha value is -1.13. The summed E-state index contributed by atoms with van der Waals surface area (Å²) in [7, 11) is 0. The number of anilines is 1. The Labute approximate surface area is 114 Å². The first-order valence-electron chi connectivity index (χ1n) is 6.41. The smallest absolute Gasteiger partial charge is 0.106 e. The Kier molecular flexibility index (Phi) is 4.19. The molecule has 0 unspecified atom stereocenters. The monoisotopic (exact) mass is 264 g/mol. The molecule has 1 aliphatic carbocycles. The Balaban J connectivity index is 2.36. The maximum atomic E-state index is 9.24. The van der Waals surface area contributed by atoms with Crippen molar-refractivity contribution in [2.24, 2.45) is 5.73 Å². The second kappa shape index (κ2) is 5.67. The van der Waals surface area contributed by atoms with Crippen molar-refractivity contribution in [2.75, 3.05) is 18.1 Å². The topological polar surface area (TPSA) is 49.5 Å². The third-order valence-corrected chi connectivity index (χ3v) is 3.80. The van der Waals surface area contributed by atoms with E-state index in [0.29, 0.717) is 17.6 Å². The van der Waals surface area contributed by atoms with Crippen LogP contribution in [0.2, 0.25) is 0 Å². The molecule has 3 nitrogen and oxygen atoms in total. The molecular weight excluding hydrogens is 244 g/mol. The van der Waals surface area contributed by atoms with E-state index in [2.05, 4.69) is 17.0 Å². The van der Waals surface area contributed by atoms with Gasteiger partial charge in [0.05, 0.1) is 6.61 Å². The molecule has 3 N–H and O–H groups in total. The van der Waals surface area contributed by atoms with Gasteiger partial charge in [0.2, 0.25) is 0 Å². The average molecular weight is 264 g/mol. The summed E-state index contributed by atoms with van der Waals surface area (Å²) in [6.45, 7) is 2.83. The van der Waals surface area contributed by atoms with Crippen LogP contribution in [0.15, 0.2) is 18.2 Å². The van der Waals surface area contributed by atoms with Crippen molar-refractivity contribution in [1.82, 2.24) is 0 Å². The van der Waals surface area contributed by atoms with Crippen LogP contribution in [0.1, 0.15) is 30.4 Å². The molecule has 0 saturated heterocycles. The molecule has 0 heterocycles. The van der Waals surface area contributed by atoms with Gasteiger partial charge in [-0.15, -0.1) is 0 Å². The molecule has 0 atom stereocenters. The molecule has 0 radical (unpaired) electrons. The van der Waals surface area contributed by atoms with E-state index in [9.17, 15) is 5.11 Å². The summed E-state index contributed by atoms with van der Waals surface area (Å²) >= 11 is 5.14. The number of aliphatic hydroxyl groups is 1. The second-order valence-corrected chi connectivity index (χ2v) is 5.33. The Morgan fingerprint density at radius 3 is 2.72 bits per heavy atom.